The van der Waals surface area contributed by atoms with Gasteiger partial charge in [0.05, 0.1) is 0 Å². The molecule has 0 saturated heterocycles. The molecule has 0 atom stereocenters. The van der Waals surface area contributed by atoms with Crippen LogP contribution in [0, 0.1) is 0 Å². The van der Waals surface area contributed by atoms with E-state index in [0.29, 0.717) is 16.0 Å². The lowest BCUT2D eigenvalue weighted by atomic mass is 10.2. The topological polar surface area (TPSA) is 55.4 Å². The van der Waals surface area contributed by atoms with Crippen molar-refractivity contribution < 1.29 is 26.4 Å². The van der Waals surface area contributed by atoms with E-state index in [9.17, 15) is 21.6 Å². The third kappa shape index (κ3) is 7.16. The largest absolute Gasteiger partial charge is 0.413 e. The Morgan fingerprint density at radius 3 is 2.37 bits per heavy atom. The van der Waals surface area contributed by atoms with E-state index in [0.717, 1.165) is 0 Å². The highest BCUT2D eigenvalue weighted by atomic mass is 35.5. The fourth-order valence-corrected chi connectivity index (χ4v) is 1.70. The number of benzene rings is 1. The highest BCUT2D eigenvalue weighted by molar-refractivity contribution is 7.92. The van der Waals surface area contributed by atoms with Gasteiger partial charge in [0.15, 0.2) is 6.61 Å². The van der Waals surface area contributed by atoms with E-state index in [1.807, 2.05) is 0 Å². The predicted octanol–water partition coefficient (Wildman–Crippen LogP) is 2.72. The van der Waals surface area contributed by atoms with Gasteiger partial charge in [0.2, 0.25) is 0 Å². The number of nitrogens with one attached hydrogen (secondary N) is 1. The molecule has 1 aromatic rings. The molecule has 0 radical (unpaired) electrons. The van der Waals surface area contributed by atoms with Crippen LogP contribution >= 0.6 is 11.6 Å². The standard InChI is InChI=1S/C10H9ClF3NO3S/c11-9-3-1-8(2-4-9)5-6-19(16,17)15-18-7-10(12,13)14/h1-6,15H,7H2/b6-5+. The number of rotatable bonds is 5. The van der Waals surface area contributed by atoms with Crippen LogP contribution in [0.25, 0.3) is 6.08 Å². The molecule has 0 bridgehead atoms. The fourth-order valence-electron chi connectivity index (χ4n) is 0.963. The lowest BCUT2D eigenvalue weighted by Crippen LogP contribution is -2.28. The lowest BCUT2D eigenvalue weighted by Gasteiger charge is -2.06. The summed E-state index contributed by atoms with van der Waals surface area (Å²) >= 11 is 5.63. The Hall–Kier alpha value is -1.09. The first kappa shape index (κ1) is 16.0. The molecule has 1 aromatic carbocycles. The second kappa shape index (κ2) is 6.38. The minimum Gasteiger partial charge on any atom is -0.277 e. The van der Waals surface area contributed by atoms with Crippen LogP contribution in [0.3, 0.4) is 0 Å². The molecule has 0 aliphatic heterocycles. The second-order valence-electron chi connectivity index (χ2n) is 3.39. The Labute approximate surface area is 112 Å². The van der Waals surface area contributed by atoms with Gasteiger partial charge in [-0.1, -0.05) is 28.6 Å². The Balaban J connectivity index is 2.57. The molecule has 4 nitrogen and oxygen atoms in total. The van der Waals surface area contributed by atoms with E-state index in [1.165, 1.54) is 11.0 Å². The SMILES string of the molecule is O=S(=O)(/C=C/c1ccc(Cl)cc1)NOCC(F)(F)F. The van der Waals surface area contributed by atoms with Crippen molar-refractivity contribution in [3.63, 3.8) is 0 Å². The van der Waals surface area contributed by atoms with Crippen LogP contribution in [0.15, 0.2) is 29.7 Å². The lowest BCUT2D eigenvalue weighted by molar-refractivity contribution is -0.180. The molecule has 1 N–H and O–H groups in total. The fraction of sp³-hybridized carbons (Fsp3) is 0.200. The molecule has 0 saturated carbocycles. The van der Waals surface area contributed by atoms with Crippen molar-refractivity contribution in [2.75, 3.05) is 6.61 Å². The van der Waals surface area contributed by atoms with Crippen molar-refractivity contribution in [2.24, 2.45) is 0 Å². The Morgan fingerprint density at radius 2 is 1.84 bits per heavy atom. The summed E-state index contributed by atoms with van der Waals surface area (Å²) in [4.78, 5) is 5.17. The molecule has 0 unspecified atom stereocenters. The third-order valence-corrected chi connectivity index (χ3v) is 2.82. The molecule has 1 rings (SSSR count). The van der Waals surface area contributed by atoms with Crippen LogP contribution in [0.5, 0.6) is 0 Å². The predicted molar refractivity (Wildman–Crippen MR) is 64.5 cm³/mol. The molecule has 0 heterocycles. The summed E-state index contributed by atoms with van der Waals surface area (Å²) in [5.41, 5.74) is 0.519. The van der Waals surface area contributed by atoms with Gasteiger partial charge in [-0.05, 0) is 23.8 Å². The summed E-state index contributed by atoms with van der Waals surface area (Å²) < 4.78 is 57.7. The van der Waals surface area contributed by atoms with Crippen molar-refractivity contribution in [3.8, 4) is 0 Å². The summed E-state index contributed by atoms with van der Waals surface area (Å²) in [6.45, 7) is -1.71. The third-order valence-electron chi connectivity index (χ3n) is 1.72. The number of sulfonamides is 1. The smallest absolute Gasteiger partial charge is 0.277 e. The highest BCUT2D eigenvalue weighted by Crippen LogP contribution is 2.14. The van der Waals surface area contributed by atoms with Crippen molar-refractivity contribution in [3.05, 3.63) is 40.3 Å². The van der Waals surface area contributed by atoms with Gasteiger partial charge in [0.1, 0.15) is 0 Å². The van der Waals surface area contributed by atoms with Gasteiger partial charge in [-0.25, -0.2) is 8.42 Å². The van der Waals surface area contributed by atoms with Crippen LogP contribution in [0.2, 0.25) is 5.02 Å². The van der Waals surface area contributed by atoms with Crippen LogP contribution in [-0.2, 0) is 14.9 Å². The average molecular weight is 316 g/mol. The number of halogens is 4. The maximum atomic E-state index is 11.7. The summed E-state index contributed by atoms with van der Waals surface area (Å²) in [7, 11) is -4.10. The molecular formula is C10H9ClF3NO3S. The number of alkyl halides is 3. The van der Waals surface area contributed by atoms with E-state index in [-0.39, 0.29) is 0 Å². The summed E-state index contributed by atoms with van der Waals surface area (Å²) in [6.07, 6.45) is -3.42. The van der Waals surface area contributed by atoms with Gasteiger partial charge < -0.3 is 0 Å². The van der Waals surface area contributed by atoms with Gasteiger partial charge in [0.25, 0.3) is 10.0 Å². The van der Waals surface area contributed by atoms with Gasteiger partial charge in [-0.15, -0.1) is 0 Å². The van der Waals surface area contributed by atoms with Crippen molar-refractivity contribution in [1.29, 1.82) is 0 Å². The maximum Gasteiger partial charge on any atom is 0.413 e. The Kier molecular flexibility index (Phi) is 5.36. The van der Waals surface area contributed by atoms with Crippen molar-refractivity contribution in [2.45, 2.75) is 6.18 Å². The second-order valence-corrected chi connectivity index (χ2v) is 5.35. The summed E-state index contributed by atoms with van der Waals surface area (Å²) in [5, 5.41) is 1.17. The maximum absolute atomic E-state index is 11.7. The van der Waals surface area contributed by atoms with Gasteiger partial charge in [-0.2, -0.15) is 13.2 Å². The van der Waals surface area contributed by atoms with Crippen LogP contribution < -0.4 is 4.89 Å². The summed E-state index contributed by atoms with van der Waals surface area (Å²) in [5.74, 6) is 0. The molecule has 0 aliphatic rings. The zero-order chi connectivity index (χ0) is 14.5. The van der Waals surface area contributed by atoms with Gasteiger partial charge >= 0.3 is 6.18 Å². The van der Waals surface area contributed by atoms with Gasteiger partial charge in [-0.3, -0.25) is 4.84 Å². The molecule has 9 heteroatoms. The van der Waals surface area contributed by atoms with E-state index in [1.54, 1.807) is 24.3 Å². The van der Waals surface area contributed by atoms with Gasteiger partial charge in [0, 0.05) is 10.4 Å². The Bertz CT molecular complexity index is 540. The summed E-state index contributed by atoms with van der Waals surface area (Å²) in [6, 6.07) is 6.18. The molecule has 106 valence electrons. The van der Waals surface area contributed by atoms with E-state index in [2.05, 4.69) is 4.84 Å². The number of hydrogen-bond donors (Lipinski definition) is 1. The van der Waals surface area contributed by atoms with Crippen LogP contribution in [-0.4, -0.2) is 21.2 Å². The van der Waals surface area contributed by atoms with Crippen molar-refractivity contribution >= 4 is 27.7 Å². The quantitative estimate of drug-likeness (QED) is 0.850. The molecule has 0 aromatic heterocycles. The molecule has 0 spiro atoms. The van der Waals surface area contributed by atoms with Crippen LogP contribution in [0.4, 0.5) is 13.2 Å². The molecule has 0 amide bonds. The minimum absolute atomic E-state index is 0.478. The molecule has 0 fully saturated rings. The zero-order valence-corrected chi connectivity index (χ0v) is 10.9. The minimum atomic E-state index is -4.61. The average Bonchev–Trinajstić information content (AvgIpc) is 2.26. The molecule has 0 aliphatic carbocycles. The first-order chi connectivity index (χ1) is 8.68. The normalized spacial score (nSPS) is 13.1. The first-order valence-corrected chi connectivity index (χ1v) is 6.74. The first-order valence-electron chi connectivity index (χ1n) is 4.82. The number of hydrogen-bond acceptors (Lipinski definition) is 3. The highest BCUT2D eigenvalue weighted by Gasteiger charge is 2.28. The zero-order valence-electron chi connectivity index (χ0n) is 9.32. The van der Waals surface area contributed by atoms with E-state index in [4.69, 9.17) is 11.6 Å². The van der Waals surface area contributed by atoms with E-state index >= 15 is 0 Å². The van der Waals surface area contributed by atoms with Crippen LogP contribution in [0.1, 0.15) is 5.56 Å². The van der Waals surface area contributed by atoms with E-state index < -0.39 is 22.8 Å². The van der Waals surface area contributed by atoms with Crippen molar-refractivity contribution in [1.82, 2.24) is 4.89 Å². The molecule has 19 heavy (non-hydrogen) atoms. The monoisotopic (exact) mass is 315 g/mol. The Morgan fingerprint density at radius 1 is 1.26 bits per heavy atom. The molecular weight excluding hydrogens is 307 g/mol.